The van der Waals surface area contributed by atoms with Crippen molar-refractivity contribution in [1.82, 2.24) is 9.97 Å². The van der Waals surface area contributed by atoms with Gasteiger partial charge in [0.15, 0.2) is 0 Å². The zero-order valence-corrected chi connectivity index (χ0v) is 13.1. The first-order chi connectivity index (χ1) is 9.01. The smallest absolute Gasteiger partial charge is 0.137 e. The molecule has 0 aromatic carbocycles. The van der Waals surface area contributed by atoms with Gasteiger partial charge < -0.3 is 10.6 Å². The monoisotopic (exact) mass is 280 g/mol. The fraction of sp³-hybridized carbons (Fsp3) is 0.714. The van der Waals surface area contributed by atoms with Gasteiger partial charge in [-0.15, -0.1) is 0 Å². The molecule has 1 saturated heterocycles. The first-order valence-corrected chi connectivity index (χ1v) is 7.99. The summed E-state index contributed by atoms with van der Waals surface area (Å²) in [6, 6.07) is 0. The zero-order chi connectivity index (χ0) is 14.0. The van der Waals surface area contributed by atoms with Crippen LogP contribution in [0.1, 0.15) is 38.6 Å². The summed E-state index contributed by atoms with van der Waals surface area (Å²) >= 11 is 2.05. The molecule has 19 heavy (non-hydrogen) atoms. The molecule has 1 aliphatic rings. The predicted octanol–water partition coefficient (Wildman–Crippen LogP) is 2.65. The standard InChI is InChI=1S/C14H24N4S/c1-5-6-12-16-13(15)11(4)14(17-12)18-7-9(2)19-10(3)8-18/h9-10H,5-8H2,1-4H3,(H2,15,16,17). The van der Waals surface area contributed by atoms with Crippen molar-refractivity contribution in [2.24, 2.45) is 0 Å². The second-order valence-electron chi connectivity index (χ2n) is 5.39. The highest BCUT2D eigenvalue weighted by Crippen LogP contribution is 2.30. The third-order valence-electron chi connectivity index (χ3n) is 3.40. The van der Waals surface area contributed by atoms with E-state index in [0.717, 1.165) is 43.1 Å². The molecule has 0 bridgehead atoms. The minimum atomic E-state index is 0.631. The average Bonchev–Trinajstić information content (AvgIpc) is 2.32. The Morgan fingerprint density at radius 3 is 2.47 bits per heavy atom. The first-order valence-electron chi connectivity index (χ1n) is 7.04. The molecule has 1 aliphatic heterocycles. The number of nitrogens with two attached hydrogens (primary N) is 1. The van der Waals surface area contributed by atoms with Crippen molar-refractivity contribution >= 4 is 23.4 Å². The maximum atomic E-state index is 6.04. The summed E-state index contributed by atoms with van der Waals surface area (Å²) in [6.07, 6.45) is 1.94. The van der Waals surface area contributed by atoms with Gasteiger partial charge in [-0.3, -0.25) is 0 Å². The van der Waals surface area contributed by atoms with Crippen LogP contribution in [0.2, 0.25) is 0 Å². The number of hydrogen-bond donors (Lipinski definition) is 1. The van der Waals surface area contributed by atoms with Crippen LogP contribution in [0, 0.1) is 6.92 Å². The first kappa shape index (κ1) is 14.4. The van der Waals surface area contributed by atoms with E-state index < -0.39 is 0 Å². The second kappa shape index (κ2) is 5.99. The number of hydrogen-bond acceptors (Lipinski definition) is 5. The molecule has 1 aromatic rings. The summed E-state index contributed by atoms with van der Waals surface area (Å²) in [6.45, 7) is 10.8. The quantitative estimate of drug-likeness (QED) is 0.922. The molecule has 2 N–H and O–H groups in total. The van der Waals surface area contributed by atoms with E-state index in [1.165, 1.54) is 0 Å². The Morgan fingerprint density at radius 2 is 1.89 bits per heavy atom. The van der Waals surface area contributed by atoms with Gasteiger partial charge in [0, 0.05) is 35.6 Å². The summed E-state index contributed by atoms with van der Waals surface area (Å²) in [5, 5.41) is 1.27. The van der Waals surface area contributed by atoms with E-state index in [9.17, 15) is 0 Å². The number of anilines is 2. The van der Waals surface area contributed by atoms with E-state index in [-0.39, 0.29) is 0 Å². The highest BCUT2D eigenvalue weighted by Gasteiger charge is 2.25. The molecule has 0 saturated carbocycles. The number of rotatable bonds is 3. The normalized spacial score (nSPS) is 23.7. The highest BCUT2D eigenvalue weighted by atomic mass is 32.2. The van der Waals surface area contributed by atoms with Gasteiger partial charge in [-0.2, -0.15) is 11.8 Å². The van der Waals surface area contributed by atoms with Crippen molar-refractivity contribution in [2.45, 2.75) is 51.0 Å². The van der Waals surface area contributed by atoms with Crippen LogP contribution in [-0.4, -0.2) is 33.6 Å². The third kappa shape index (κ3) is 3.32. The maximum absolute atomic E-state index is 6.04. The largest absolute Gasteiger partial charge is 0.383 e. The molecule has 0 amide bonds. The Bertz CT molecular complexity index is 439. The fourth-order valence-corrected chi connectivity index (χ4v) is 3.89. The summed E-state index contributed by atoms with van der Waals surface area (Å²) in [4.78, 5) is 11.5. The molecule has 2 unspecified atom stereocenters. The lowest BCUT2D eigenvalue weighted by molar-refractivity contribution is 0.707. The lowest BCUT2D eigenvalue weighted by atomic mass is 10.2. The summed E-state index contributed by atoms with van der Waals surface area (Å²) in [5.74, 6) is 2.54. The topological polar surface area (TPSA) is 55.0 Å². The Kier molecular flexibility index (Phi) is 4.55. The average molecular weight is 280 g/mol. The summed E-state index contributed by atoms with van der Waals surface area (Å²) in [5.41, 5.74) is 7.06. The molecule has 0 spiro atoms. The van der Waals surface area contributed by atoms with Crippen molar-refractivity contribution in [1.29, 1.82) is 0 Å². The van der Waals surface area contributed by atoms with Gasteiger partial charge in [0.05, 0.1) is 0 Å². The van der Waals surface area contributed by atoms with E-state index in [1.807, 2.05) is 18.7 Å². The number of nitrogens with zero attached hydrogens (tertiary/aromatic N) is 3. The van der Waals surface area contributed by atoms with Crippen LogP contribution in [0.25, 0.3) is 0 Å². The minimum Gasteiger partial charge on any atom is -0.383 e. The molecule has 2 rings (SSSR count). The van der Waals surface area contributed by atoms with Gasteiger partial charge >= 0.3 is 0 Å². The molecule has 5 heteroatoms. The van der Waals surface area contributed by atoms with Crippen molar-refractivity contribution in [2.75, 3.05) is 23.7 Å². The van der Waals surface area contributed by atoms with Crippen LogP contribution in [0.5, 0.6) is 0 Å². The summed E-state index contributed by atoms with van der Waals surface area (Å²) < 4.78 is 0. The molecule has 0 aliphatic carbocycles. The van der Waals surface area contributed by atoms with E-state index in [4.69, 9.17) is 10.7 Å². The molecule has 0 radical (unpaired) electrons. The molecule has 2 heterocycles. The van der Waals surface area contributed by atoms with Gasteiger partial charge in [0.2, 0.25) is 0 Å². The summed E-state index contributed by atoms with van der Waals surface area (Å²) in [7, 11) is 0. The fourth-order valence-electron chi connectivity index (χ4n) is 2.56. The van der Waals surface area contributed by atoms with Gasteiger partial charge in [0.25, 0.3) is 0 Å². The molecular formula is C14H24N4S. The highest BCUT2D eigenvalue weighted by molar-refractivity contribution is 8.00. The van der Waals surface area contributed by atoms with Crippen LogP contribution >= 0.6 is 11.8 Å². The van der Waals surface area contributed by atoms with Crippen molar-refractivity contribution in [3.8, 4) is 0 Å². The van der Waals surface area contributed by atoms with E-state index in [0.29, 0.717) is 16.3 Å². The molecule has 1 aromatic heterocycles. The lowest BCUT2D eigenvalue weighted by Crippen LogP contribution is -2.41. The van der Waals surface area contributed by atoms with Gasteiger partial charge in [-0.25, -0.2) is 9.97 Å². The zero-order valence-electron chi connectivity index (χ0n) is 12.3. The minimum absolute atomic E-state index is 0.631. The molecule has 4 nitrogen and oxygen atoms in total. The number of aromatic nitrogens is 2. The maximum Gasteiger partial charge on any atom is 0.137 e. The van der Waals surface area contributed by atoms with E-state index in [2.05, 4.69) is 30.7 Å². The lowest BCUT2D eigenvalue weighted by Gasteiger charge is -2.36. The Labute approximate surface area is 120 Å². The van der Waals surface area contributed by atoms with Crippen LogP contribution in [0.3, 0.4) is 0 Å². The van der Waals surface area contributed by atoms with Gasteiger partial charge in [-0.05, 0) is 13.3 Å². The van der Waals surface area contributed by atoms with Gasteiger partial charge in [-0.1, -0.05) is 20.8 Å². The SMILES string of the molecule is CCCc1nc(N)c(C)c(N2CC(C)SC(C)C2)n1. The predicted molar refractivity (Wildman–Crippen MR) is 83.9 cm³/mol. The Morgan fingerprint density at radius 1 is 1.26 bits per heavy atom. The molecular weight excluding hydrogens is 256 g/mol. The Hall–Kier alpha value is -0.970. The molecule has 106 valence electrons. The van der Waals surface area contributed by atoms with E-state index in [1.54, 1.807) is 0 Å². The third-order valence-corrected chi connectivity index (χ3v) is 4.62. The molecule has 1 fully saturated rings. The van der Waals surface area contributed by atoms with Crippen LogP contribution < -0.4 is 10.6 Å². The second-order valence-corrected chi connectivity index (χ2v) is 7.27. The number of thioether (sulfide) groups is 1. The number of aryl methyl sites for hydroxylation is 1. The van der Waals surface area contributed by atoms with Crippen molar-refractivity contribution < 1.29 is 0 Å². The van der Waals surface area contributed by atoms with Crippen molar-refractivity contribution in [3.63, 3.8) is 0 Å². The molecule has 2 atom stereocenters. The van der Waals surface area contributed by atoms with E-state index >= 15 is 0 Å². The Balaban J connectivity index is 2.31. The van der Waals surface area contributed by atoms with Crippen LogP contribution in [-0.2, 0) is 6.42 Å². The van der Waals surface area contributed by atoms with Crippen molar-refractivity contribution in [3.05, 3.63) is 11.4 Å². The number of nitrogen functional groups attached to an aromatic ring is 1. The van der Waals surface area contributed by atoms with Gasteiger partial charge in [0.1, 0.15) is 17.5 Å². The van der Waals surface area contributed by atoms with Crippen LogP contribution in [0.4, 0.5) is 11.6 Å². The van der Waals surface area contributed by atoms with Crippen LogP contribution in [0.15, 0.2) is 0 Å².